The summed E-state index contributed by atoms with van der Waals surface area (Å²) < 4.78 is 4.70. The van der Waals surface area contributed by atoms with Crippen LogP contribution in [0, 0.1) is 0 Å². The molecule has 0 spiro atoms. The van der Waals surface area contributed by atoms with Gasteiger partial charge in [0.15, 0.2) is 0 Å². The van der Waals surface area contributed by atoms with Gasteiger partial charge >= 0.3 is 5.97 Å². The molecule has 0 atom stereocenters. The standard InChI is InChI=1S/C18H15NO3/c1-22-17(20)12-19-16(11-13-7-3-2-4-8-13)14-9-5-6-10-15(14)18(19)21/h2-11H,12H2,1H3/b16-11-. The lowest BCUT2D eigenvalue weighted by Gasteiger charge is -2.17. The number of rotatable bonds is 3. The lowest BCUT2D eigenvalue weighted by atomic mass is 10.1. The normalized spacial score (nSPS) is 15.0. The Bertz CT molecular complexity index is 750. The molecule has 0 fully saturated rings. The van der Waals surface area contributed by atoms with E-state index in [0.29, 0.717) is 5.56 Å². The first kappa shape index (κ1) is 14.1. The molecule has 0 saturated heterocycles. The molecule has 1 heterocycles. The molecular weight excluding hydrogens is 278 g/mol. The quantitative estimate of drug-likeness (QED) is 0.818. The van der Waals surface area contributed by atoms with Crippen molar-refractivity contribution in [3.05, 3.63) is 71.3 Å². The second kappa shape index (κ2) is 5.85. The average Bonchev–Trinajstić information content (AvgIpc) is 2.82. The van der Waals surface area contributed by atoms with Crippen LogP contribution in [0.4, 0.5) is 0 Å². The number of fused-ring (bicyclic) bond motifs is 1. The summed E-state index contributed by atoms with van der Waals surface area (Å²) in [4.78, 5) is 25.6. The van der Waals surface area contributed by atoms with Crippen LogP contribution in [0.1, 0.15) is 21.5 Å². The predicted molar refractivity (Wildman–Crippen MR) is 83.8 cm³/mol. The fourth-order valence-corrected chi connectivity index (χ4v) is 2.51. The Labute approximate surface area is 128 Å². The van der Waals surface area contributed by atoms with E-state index in [1.54, 1.807) is 6.07 Å². The molecule has 1 aliphatic heterocycles. The van der Waals surface area contributed by atoms with E-state index in [0.717, 1.165) is 16.8 Å². The highest BCUT2D eigenvalue weighted by Crippen LogP contribution is 2.33. The number of benzene rings is 2. The fraction of sp³-hybridized carbons (Fsp3) is 0.111. The van der Waals surface area contributed by atoms with Gasteiger partial charge in [-0.3, -0.25) is 14.5 Å². The van der Waals surface area contributed by atoms with E-state index in [2.05, 4.69) is 0 Å². The summed E-state index contributed by atoms with van der Waals surface area (Å²) in [5, 5.41) is 0. The van der Waals surface area contributed by atoms with Gasteiger partial charge in [-0.15, -0.1) is 0 Å². The van der Waals surface area contributed by atoms with E-state index < -0.39 is 5.97 Å². The van der Waals surface area contributed by atoms with Crippen LogP contribution >= 0.6 is 0 Å². The lowest BCUT2D eigenvalue weighted by Crippen LogP contribution is -2.30. The van der Waals surface area contributed by atoms with Crippen molar-refractivity contribution in [2.75, 3.05) is 13.7 Å². The van der Waals surface area contributed by atoms with Crippen LogP contribution in [0.15, 0.2) is 54.6 Å². The van der Waals surface area contributed by atoms with E-state index in [-0.39, 0.29) is 12.5 Å². The smallest absolute Gasteiger partial charge is 0.325 e. The molecule has 0 saturated carbocycles. The number of carbonyl (C=O) groups excluding carboxylic acids is 2. The Hall–Kier alpha value is -2.88. The van der Waals surface area contributed by atoms with Gasteiger partial charge in [-0.1, -0.05) is 48.5 Å². The first-order valence-corrected chi connectivity index (χ1v) is 6.95. The minimum atomic E-state index is -0.444. The van der Waals surface area contributed by atoms with Crippen LogP contribution in [0.5, 0.6) is 0 Å². The highest BCUT2D eigenvalue weighted by Gasteiger charge is 2.33. The van der Waals surface area contributed by atoms with Gasteiger partial charge in [0, 0.05) is 11.1 Å². The maximum absolute atomic E-state index is 12.5. The summed E-state index contributed by atoms with van der Waals surface area (Å²) >= 11 is 0. The zero-order valence-corrected chi connectivity index (χ0v) is 12.2. The number of methoxy groups -OCH3 is 1. The van der Waals surface area contributed by atoms with E-state index in [9.17, 15) is 9.59 Å². The number of nitrogens with zero attached hydrogens (tertiary/aromatic N) is 1. The van der Waals surface area contributed by atoms with Crippen LogP contribution in [0.25, 0.3) is 11.8 Å². The van der Waals surface area contributed by atoms with Gasteiger partial charge in [-0.2, -0.15) is 0 Å². The molecule has 0 bridgehead atoms. The summed E-state index contributed by atoms with van der Waals surface area (Å²) in [6.45, 7) is -0.0946. The van der Waals surface area contributed by atoms with Crippen molar-refractivity contribution in [1.82, 2.24) is 4.90 Å². The largest absolute Gasteiger partial charge is 0.468 e. The topological polar surface area (TPSA) is 46.6 Å². The van der Waals surface area contributed by atoms with E-state index >= 15 is 0 Å². The van der Waals surface area contributed by atoms with Gasteiger partial charge in [0.25, 0.3) is 5.91 Å². The Morgan fingerprint density at radius 3 is 2.36 bits per heavy atom. The van der Waals surface area contributed by atoms with Crippen LogP contribution in [-0.4, -0.2) is 30.4 Å². The SMILES string of the molecule is COC(=O)CN1C(=O)c2ccccc2/C1=C/c1ccccc1. The molecule has 0 aromatic heterocycles. The first-order valence-electron chi connectivity index (χ1n) is 6.95. The van der Waals surface area contributed by atoms with Gasteiger partial charge in [0.05, 0.1) is 12.8 Å². The number of carbonyl (C=O) groups is 2. The molecule has 0 N–H and O–H groups in total. The van der Waals surface area contributed by atoms with Gasteiger partial charge in [-0.25, -0.2) is 0 Å². The lowest BCUT2D eigenvalue weighted by molar-refractivity contribution is -0.140. The van der Waals surface area contributed by atoms with E-state index in [4.69, 9.17) is 4.74 Å². The Morgan fingerprint density at radius 1 is 1.05 bits per heavy atom. The summed E-state index contributed by atoms with van der Waals surface area (Å²) in [5.41, 5.74) is 3.13. The molecule has 110 valence electrons. The molecule has 2 aromatic rings. The van der Waals surface area contributed by atoms with Gasteiger partial charge in [-0.05, 0) is 17.7 Å². The van der Waals surface area contributed by atoms with Crippen molar-refractivity contribution in [2.24, 2.45) is 0 Å². The molecule has 1 amide bonds. The van der Waals surface area contributed by atoms with Gasteiger partial charge < -0.3 is 4.74 Å². The molecule has 1 aliphatic rings. The second-order valence-electron chi connectivity index (χ2n) is 4.95. The monoisotopic (exact) mass is 293 g/mol. The van der Waals surface area contributed by atoms with Crippen LogP contribution in [-0.2, 0) is 9.53 Å². The van der Waals surface area contributed by atoms with Crippen molar-refractivity contribution in [3.8, 4) is 0 Å². The summed E-state index contributed by atoms with van der Waals surface area (Å²) in [6.07, 6.45) is 1.91. The maximum atomic E-state index is 12.5. The predicted octanol–water partition coefficient (Wildman–Crippen LogP) is 2.81. The van der Waals surface area contributed by atoms with Crippen LogP contribution in [0.2, 0.25) is 0 Å². The minimum Gasteiger partial charge on any atom is -0.468 e. The minimum absolute atomic E-state index is 0.0946. The molecule has 22 heavy (non-hydrogen) atoms. The van der Waals surface area contributed by atoms with Crippen molar-refractivity contribution in [3.63, 3.8) is 0 Å². The molecule has 2 aromatic carbocycles. The zero-order chi connectivity index (χ0) is 15.5. The number of hydrogen-bond acceptors (Lipinski definition) is 3. The highest BCUT2D eigenvalue weighted by molar-refractivity contribution is 6.12. The van der Waals surface area contributed by atoms with Crippen molar-refractivity contribution >= 4 is 23.6 Å². The Morgan fingerprint density at radius 2 is 1.68 bits per heavy atom. The highest BCUT2D eigenvalue weighted by atomic mass is 16.5. The van der Waals surface area contributed by atoms with Gasteiger partial charge in [0.1, 0.15) is 6.54 Å². The first-order chi connectivity index (χ1) is 10.7. The second-order valence-corrected chi connectivity index (χ2v) is 4.95. The van der Waals surface area contributed by atoms with Crippen LogP contribution in [0.3, 0.4) is 0 Å². The molecule has 4 nitrogen and oxygen atoms in total. The zero-order valence-electron chi connectivity index (χ0n) is 12.2. The summed E-state index contributed by atoms with van der Waals surface area (Å²) in [7, 11) is 1.32. The number of esters is 1. The van der Waals surface area contributed by atoms with Crippen molar-refractivity contribution < 1.29 is 14.3 Å². The fourth-order valence-electron chi connectivity index (χ4n) is 2.51. The number of amides is 1. The summed E-state index contributed by atoms with van der Waals surface area (Å²) in [5.74, 6) is -0.622. The number of ether oxygens (including phenoxy) is 1. The number of hydrogen-bond donors (Lipinski definition) is 0. The Balaban J connectivity index is 2.08. The van der Waals surface area contributed by atoms with E-state index in [1.807, 2.05) is 54.6 Å². The van der Waals surface area contributed by atoms with E-state index in [1.165, 1.54) is 12.0 Å². The molecule has 0 radical (unpaired) electrons. The van der Waals surface area contributed by atoms with Crippen LogP contribution < -0.4 is 0 Å². The molecule has 4 heteroatoms. The average molecular weight is 293 g/mol. The van der Waals surface area contributed by atoms with Gasteiger partial charge in [0.2, 0.25) is 0 Å². The molecular formula is C18H15NO3. The summed E-state index contributed by atoms with van der Waals surface area (Å²) in [6, 6.07) is 17.1. The maximum Gasteiger partial charge on any atom is 0.325 e. The third kappa shape index (κ3) is 2.51. The Kier molecular flexibility index (Phi) is 3.74. The third-order valence-corrected chi connectivity index (χ3v) is 3.59. The third-order valence-electron chi connectivity index (χ3n) is 3.59. The van der Waals surface area contributed by atoms with Crippen molar-refractivity contribution in [2.45, 2.75) is 0 Å². The molecule has 0 unspecified atom stereocenters. The molecule has 0 aliphatic carbocycles. The molecule has 3 rings (SSSR count). The van der Waals surface area contributed by atoms with Crippen molar-refractivity contribution in [1.29, 1.82) is 0 Å².